The van der Waals surface area contributed by atoms with E-state index in [2.05, 4.69) is 5.32 Å². The summed E-state index contributed by atoms with van der Waals surface area (Å²) in [7, 11) is 0. The first kappa shape index (κ1) is 20.5. The van der Waals surface area contributed by atoms with Crippen molar-refractivity contribution >= 4 is 17.8 Å². The molecule has 2 aromatic carbocycles. The van der Waals surface area contributed by atoms with Gasteiger partial charge in [0, 0.05) is 18.7 Å². The van der Waals surface area contributed by atoms with Crippen molar-refractivity contribution in [1.29, 1.82) is 0 Å². The van der Waals surface area contributed by atoms with Crippen LogP contribution in [0.1, 0.15) is 45.7 Å². The summed E-state index contributed by atoms with van der Waals surface area (Å²) in [5.74, 6) is -2.27. The second-order valence-electron chi connectivity index (χ2n) is 7.50. The summed E-state index contributed by atoms with van der Waals surface area (Å²) in [4.78, 5) is 38.5. The third-order valence-electron chi connectivity index (χ3n) is 5.10. The van der Waals surface area contributed by atoms with Gasteiger partial charge in [-0.15, -0.1) is 0 Å². The molecule has 0 aliphatic carbocycles. The molecular formula is C22H23FN2O4. The Hall–Kier alpha value is -3.22. The van der Waals surface area contributed by atoms with Gasteiger partial charge in [0.25, 0.3) is 5.91 Å². The topological polar surface area (TPSA) is 86.7 Å². The van der Waals surface area contributed by atoms with E-state index in [1.54, 1.807) is 23.1 Å². The zero-order valence-corrected chi connectivity index (χ0v) is 16.3. The number of fused-ring (bicyclic) bond motifs is 1. The lowest BCUT2D eigenvalue weighted by Gasteiger charge is -2.33. The maximum atomic E-state index is 13.1. The molecule has 3 rings (SSSR count). The summed E-state index contributed by atoms with van der Waals surface area (Å²) in [6.07, 6.45) is 0.623. The number of aromatic carboxylic acids is 1. The van der Waals surface area contributed by atoms with E-state index in [4.69, 9.17) is 0 Å². The molecule has 1 heterocycles. The Balaban J connectivity index is 1.75. The first-order valence-electron chi connectivity index (χ1n) is 9.46. The summed E-state index contributed by atoms with van der Waals surface area (Å²) in [5, 5.41) is 12.0. The van der Waals surface area contributed by atoms with Gasteiger partial charge in [0.1, 0.15) is 11.9 Å². The minimum Gasteiger partial charge on any atom is -0.478 e. The van der Waals surface area contributed by atoms with Gasteiger partial charge in [-0.25, -0.2) is 9.18 Å². The van der Waals surface area contributed by atoms with Crippen molar-refractivity contribution in [2.45, 2.75) is 32.9 Å². The van der Waals surface area contributed by atoms with E-state index in [9.17, 15) is 23.9 Å². The van der Waals surface area contributed by atoms with Crippen molar-refractivity contribution in [2.75, 3.05) is 6.54 Å². The maximum absolute atomic E-state index is 13.1. The molecule has 0 aromatic heterocycles. The highest BCUT2D eigenvalue weighted by atomic mass is 19.1. The number of hydrogen-bond donors (Lipinski definition) is 2. The van der Waals surface area contributed by atoms with E-state index in [-0.39, 0.29) is 23.0 Å². The lowest BCUT2D eigenvalue weighted by Crippen LogP contribution is -2.52. The molecule has 1 aliphatic rings. The summed E-state index contributed by atoms with van der Waals surface area (Å²) in [5.41, 5.74) is 2.29. The number of amides is 2. The zero-order chi connectivity index (χ0) is 21.1. The molecule has 0 radical (unpaired) electrons. The van der Waals surface area contributed by atoms with Crippen molar-refractivity contribution in [3.05, 3.63) is 70.5 Å². The normalized spacial score (nSPS) is 14.3. The van der Waals surface area contributed by atoms with Crippen LogP contribution in [0.2, 0.25) is 0 Å². The van der Waals surface area contributed by atoms with Gasteiger partial charge in [0.15, 0.2) is 0 Å². The Morgan fingerprint density at radius 2 is 1.69 bits per heavy atom. The quantitative estimate of drug-likeness (QED) is 0.811. The fraction of sp³-hybridized carbons (Fsp3) is 0.318. The second-order valence-corrected chi connectivity index (χ2v) is 7.50. The van der Waals surface area contributed by atoms with Gasteiger partial charge in [-0.2, -0.15) is 0 Å². The van der Waals surface area contributed by atoms with Gasteiger partial charge in [0.05, 0.1) is 5.56 Å². The molecule has 152 valence electrons. The number of carbonyl (C=O) groups excluding carboxylic acids is 2. The first-order valence-corrected chi connectivity index (χ1v) is 9.46. The number of nitrogens with one attached hydrogen (secondary N) is 1. The van der Waals surface area contributed by atoms with Gasteiger partial charge in [-0.1, -0.05) is 19.9 Å². The molecule has 2 N–H and O–H groups in total. The van der Waals surface area contributed by atoms with Crippen molar-refractivity contribution in [2.24, 2.45) is 5.92 Å². The van der Waals surface area contributed by atoms with E-state index in [0.29, 0.717) is 19.5 Å². The van der Waals surface area contributed by atoms with Crippen LogP contribution in [-0.4, -0.2) is 40.4 Å². The molecule has 1 aliphatic heterocycles. The molecule has 0 spiro atoms. The minimum absolute atomic E-state index is 0.154. The van der Waals surface area contributed by atoms with Gasteiger partial charge in [-0.3, -0.25) is 9.59 Å². The SMILES string of the molecule is CC(C)C(NC(=O)c1ccc(F)cc1)C(=O)N1CCc2ccc(C(=O)O)cc2C1. The number of carbonyl (C=O) groups is 3. The van der Waals surface area contributed by atoms with Crippen LogP contribution in [0.25, 0.3) is 0 Å². The number of carboxylic acid groups (broad SMARTS) is 1. The molecule has 0 fully saturated rings. The lowest BCUT2D eigenvalue weighted by molar-refractivity contribution is -0.135. The third kappa shape index (κ3) is 4.62. The zero-order valence-electron chi connectivity index (χ0n) is 16.3. The molecule has 0 saturated heterocycles. The average Bonchev–Trinajstić information content (AvgIpc) is 2.70. The molecule has 2 aromatic rings. The smallest absolute Gasteiger partial charge is 0.335 e. The van der Waals surface area contributed by atoms with Crippen LogP contribution >= 0.6 is 0 Å². The molecule has 0 saturated carbocycles. The monoisotopic (exact) mass is 398 g/mol. The second kappa shape index (κ2) is 8.43. The Morgan fingerprint density at radius 1 is 1.03 bits per heavy atom. The standard InChI is InChI=1S/C22H23FN2O4/c1-13(2)19(24-20(26)15-5-7-18(23)8-6-15)21(27)25-10-9-14-3-4-16(22(28)29)11-17(14)12-25/h3-8,11,13,19H,9-10,12H2,1-2H3,(H,24,26)(H,28,29). The highest BCUT2D eigenvalue weighted by Gasteiger charge is 2.31. The van der Waals surface area contributed by atoms with Crippen LogP contribution in [-0.2, 0) is 17.8 Å². The fourth-order valence-corrected chi connectivity index (χ4v) is 3.41. The van der Waals surface area contributed by atoms with Crippen molar-refractivity contribution in [3.8, 4) is 0 Å². The molecule has 7 heteroatoms. The van der Waals surface area contributed by atoms with Crippen molar-refractivity contribution in [1.82, 2.24) is 10.2 Å². The van der Waals surface area contributed by atoms with Crippen LogP contribution in [0.5, 0.6) is 0 Å². The number of benzene rings is 2. The highest BCUT2D eigenvalue weighted by Crippen LogP contribution is 2.22. The van der Waals surface area contributed by atoms with Gasteiger partial charge >= 0.3 is 5.97 Å². The average molecular weight is 398 g/mol. The van der Waals surface area contributed by atoms with E-state index < -0.39 is 23.7 Å². The van der Waals surface area contributed by atoms with Crippen molar-refractivity contribution < 1.29 is 23.9 Å². The molecule has 6 nitrogen and oxygen atoms in total. The van der Waals surface area contributed by atoms with Crippen molar-refractivity contribution in [3.63, 3.8) is 0 Å². The van der Waals surface area contributed by atoms with E-state index in [1.165, 1.54) is 24.3 Å². The van der Waals surface area contributed by atoms with Gasteiger partial charge < -0.3 is 15.3 Å². The third-order valence-corrected chi connectivity index (χ3v) is 5.10. The predicted octanol–water partition coefficient (Wildman–Crippen LogP) is 2.86. The number of rotatable bonds is 5. The molecule has 1 unspecified atom stereocenters. The Morgan fingerprint density at radius 3 is 2.31 bits per heavy atom. The summed E-state index contributed by atoms with van der Waals surface area (Å²) < 4.78 is 13.1. The van der Waals surface area contributed by atoms with Gasteiger partial charge in [0.2, 0.25) is 5.91 Å². The maximum Gasteiger partial charge on any atom is 0.335 e. The highest BCUT2D eigenvalue weighted by molar-refractivity contribution is 5.97. The van der Waals surface area contributed by atoms with Gasteiger partial charge in [-0.05, 0) is 59.9 Å². The summed E-state index contributed by atoms with van der Waals surface area (Å²) in [6, 6.07) is 9.35. The van der Waals surface area contributed by atoms with Crippen LogP contribution in [0.3, 0.4) is 0 Å². The molecule has 2 amide bonds. The number of nitrogens with zero attached hydrogens (tertiary/aromatic N) is 1. The molecular weight excluding hydrogens is 375 g/mol. The molecule has 1 atom stereocenters. The van der Waals surface area contributed by atoms with Crippen LogP contribution in [0.15, 0.2) is 42.5 Å². The molecule has 29 heavy (non-hydrogen) atoms. The Bertz CT molecular complexity index is 940. The largest absolute Gasteiger partial charge is 0.478 e. The van der Waals surface area contributed by atoms with Crippen LogP contribution in [0.4, 0.5) is 4.39 Å². The van der Waals surface area contributed by atoms with E-state index in [1.807, 2.05) is 13.8 Å². The fourth-order valence-electron chi connectivity index (χ4n) is 3.41. The lowest BCUT2D eigenvalue weighted by atomic mass is 9.95. The summed E-state index contributed by atoms with van der Waals surface area (Å²) >= 11 is 0. The number of hydrogen-bond acceptors (Lipinski definition) is 3. The van der Waals surface area contributed by atoms with Crippen LogP contribution < -0.4 is 5.32 Å². The number of halogens is 1. The Kier molecular flexibility index (Phi) is 5.96. The predicted molar refractivity (Wildman–Crippen MR) is 105 cm³/mol. The van der Waals surface area contributed by atoms with Crippen LogP contribution in [0, 0.1) is 11.7 Å². The van der Waals surface area contributed by atoms with E-state index in [0.717, 1.165) is 11.1 Å². The summed E-state index contributed by atoms with van der Waals surface area (Å²) in [6.45, 7) is 4.47. The Labute approximate surface area is 168 Å². The molecule has 0 bridgehead atoms. The minimum atomic E-state index is -1.01. The number of carboxylic acids is 1. The first-order chi connectivity index (χ1) is 13.8. The van der Waals surface area contributed by atoms with E-state index >= 15 is 0 Å².